The molecule has 0 aliphatic carbocycles. The average Bonchev–Trinajstić information content (AvgIpc) is 2.96. The molecule has 39 heavy (non-hydrogen) atoms. The molecule has 0 radical (unpaired) electrons. The van der Waals surface area contributed by atoms with Crippen LogP contribution in [0.1, 0.15) is 12.0 Å². The number of nitrogens with zero attached hydrogens (tertiary/aromatic N) is 2. The van der Waals surface area contributed by atoms with Gasteiger partial charge in [0.05, 0.1) is 12.1 Å². The number of pyridine rings is 1. The first-order valence-electron chi connectivity index (χ1n) is 12.4. The maximum atomic E-state index is 9.76. The number of aromatic nitrogens is 1. The van der Waals surface area contributed by atoms with Crippen LogP contribution >= 0.6 is 23.2 Å². The first kappa shape index (κ1) is 28.7. The summed E-state index contributed by atoms with van der Waals surface area (Å²) in [6.07, 6.45) is 2.51. The Morgan fingerprint density at radius 2 is 1.74 bits per heavy atom. The molecular formula is C29H29AsCl2N4O3. The van der Waals surface area contributed by atoms with Gasteiger partial charge in [-0.2, -0.15) is 0 Å². The maximum absolute atomic E-state index is 9.76. The smallest absolute Gasteiger partial charge is 0.0820 e. The number of nitriles is 1. The molecule has 2 N–H and O–H groups in total. The summed E-state index contributed by atoms with van der Waals surface area (Å²) in [5, 5.41) is 20.4. The van der Waals surface area contributed by atoms with Gasteiger partial charge in [0, 0.05) is 0 Å². The Kier molecular flexibility index (Phi) is 10.4. The summed E-state index contributed by atoms with van der Waals surface area (Å²) in [5.74, 6) is 1.64. The van der Waals surface area contributed by atoms with Crippen LogP contribution in [0.15, 0.2) is 60.8 Å². The Morgan fingerprint density at radius 1 is 0.949 bits per heavy atom. The predicted molar refractivity (Wildman–Crippen MR) is 161 cm³/mol. The van der Waals surface area contributed by atoms with Crippen molar-refractivity contribution >= 4 is 66.9 Å². The van der Waals surface area contributed by atoms with Crippen LogP contribution in [0.25, 0.3) is 10.9 Å². The molecule has 202 valence electrons. The number of hydrogen-bond acceptors (Lipinski definition) is 7. The van der Waals surface area contributed by atoms with E-state index in [0.717, 1.165) is 13.0 Å². The van der Waals surface area contributed by atoms with Gasteiger partial charge in [-0.3, -0.25) is 0 Å². The van der Waals surface area contributed by atoms with E-state index in [1.54, 1.807) is 19.2 Å². The molecular weight excluding hydrogens is 598 g/mol. The van der Waals surface area contributed by atoms with Crippen LogP contribution in [0.4, 0.5) is 17.1 Å². The summed E-state index contributed by atoms with van der Waals surface area (Å²) in [5.41, 5.74) is 3.27. The molecule has 0 fully saturated rings. The summed E-state index contributed by atoms with van der Waals surface area (Å²) in [6, 6.07) is 19.4. The molecule has 0 bridgehead atoms. The number of hydrogen-bond donors (Lipinski definition) is 2. The molecule has 4 aromatic rings. The zero-order valence-corrected chi connectivity index (χ0v) is 25.3. The van der Waals surface area contributed by atoms with Crippen LogP contribution in [-0.2, 0) is 0 Å². The number of benzene rings is 3. The van der Waals surface area contributed by atoms with Gasteiger partial charge in [0.2, 0.25) is 0 Å². The number of rotatable bonds is 13. The number of halogens is 2. The summed E-state index contributed by atoms with van der Waals surface area (Å²) >= 11 is 12.6. The summed E-state index contributed by atoms with van der Waals surface area (Å²) < 4.78 is 17.0. The minimum Gasteiger partial charge on any atom is -0.0820 e. The molecule has 1 atom stereocenters. The fraction of sp³-hybridized carbons (Fsp3) is 0.241. The molecule has 0 aliphatic heterocycles. The zero-order chi connectivity index (χ0) is 27.6. The van der Waals surface area contributed by atoms with Gasteiger partial charge < -0.3 is 4.74 Å². The van der Waals surface area contributed by atoms with Crippen molar-refractivity contribution in [1.82, 2.24) is 4.98 Å². The van der Waals surface area contributed by atoms with E-state index in [2.05, 4.69) is 33.8 Å². The van der Waals surface area contributed by atoms with E-state index in [9.17, 15) is 5.26 Å². The van der Waals surface area contributed by atoms with Crippen LogP contribution < -0.4 is 24.8 Å². The van der Waals surface area contributed by atoms with E-state index < -0.39 is 0 Å². The Hall–Kier alpha value is -3.30. The third-order valence-corrected chi connectivity index (χ3v) is 9.29. The third kappa shape index (κ3) is 7.42. The molecule has 3 aromatic carbocycles. The number of nitrogens with one attached hydrogen (secondary N) is 2. The number of methoxy groups -OCH3 is 2. The van der Waals surface area contributed by atoms with E-state index >= 15 is 0 Å². The van der Waals surface area contributed by atoms with Crippen LogP contribution in [0.5, 0.6) is 17.2 Å². The quantitative estimate of drug-likeness (QED) is 0.119. The van der Waals surface area contributed by atoms with Gasteiger partial charge in [-0.05, 0) is 6.07 Å². The first-order chi connectivity index (χ1) is 19.0. The molecule has 1 aromatic heterocycles. The first-order valence-corrected chi connectivity index (χ1v) is 16.1. The van der Waals surface area contributed by atoms with Gasteiger partial charge in [-0.1, -0.05) is 23.2 Å². The number of ether oxygens (including phenoxy) is 3. The van der Waals surface area contributed by atoms with Gasteiger partial charge in [0.1, 0.15) is 5.75 Å². The van der Waals surface area contributed by atoms with E-state index in [-0.39, 0.29) is 15.8 Å². The second kappa shape index (κ2) is 14.2. The van der Waals surface area contributed by atoms with Gasteiger partial charge in [0.15, 0.2) is 0 Å². The second-order valence-electron chi connectivity index (χ2n) is 8.52. The Morgan fingerprint density at radius 3 is 2.49 bits per heavy atom. The molecule has 7 nitrogen and oxygen atoms in total. The summed E-state index contributed by atoms with van der Waals surface area (Å²) in [6.45, 7) is 1.60. The average molecular weight is 627 g/mol. The van der Waals surface area contributed by atoms with Crippen molar-refractivity contribution in [3.63, 3.8) is 0 Å². The van der Waals surface area contributed by atoms with Crippen molar-refractivity contribution in [2.45, 2.75) is 16.8 Å². The Bertz CT molecular complexity index is 1470. The van der Waals surface area contributed by atoms with Crippen LogP contribution in [0, 0.1) is 11.3 Å². The second-order valence-corrected chi connectivity index (χ2v) is 12.5. The fourth-order valence-electron chi connectivity index (χ4n) is 3.96. The van der Waals surface area contributed by atoms with E-state index in [1.165, 1.54) is 29.4 Å². The Balaban J connectivity index is 1.42. The minimum absolute atomic E-state index is 0.0313. The van der Waals surface area contributed by atoms with Gasteiger partial charge in [0.25, 0.3) is 0 Å². The van der Waals surface area contributed by atoms with Crippen molar-refractivity contribution < 1.29 is 14.2 Å². The van der Waals surface area contributed by atoms with Crippen LogP contribution in [-0.4, -0.2) is 48.1 Å². The van der Waals surface area contributed by atoms with Gasteiger partial charge in [-0.15, -0.1) is 0 Å². The fourth-order valence-corrected chi connectivity index (χ4v) is 6.46. The number of fused-ring (bicyclic) bond motifs is 1. The predicted octanol–water partition coefficient (Wildman–Crippen LogP) is 7.33. The molecule has 0 saturated carbocycles. The van der Waals surface area contributed by atoms with Crippen molar-refractivity contribution in [3.8, 4) is 23.3 Å². The number of para-hydroxylation sites is 1. The van der Waals surface area contributed by atoms with Crippen molar-refractivity contribution in [3.05, 3.63) is 76.4 Å². The molecule has 1 heterocycles. The Labute approximate surface area is 245 Å². The van der Waals surface area contributed by atoms with E-state index in [4.69, 9.17) is 37.4 Å². The standard InChI is InChI=1S/C29H29AsCl2N4O3/c1-37-26-16-25(22(31)14-23(26)32)36-29-19(17-33)18-35-24-15-28(27(38-2)13-21(24)29)39-12-6-9-30-10-11-34-20-7-4-3-5-8-20/h3-5,7-8,13-16,18,30,34H,6,9-12H2,1-2H3,(H,35,36). The van der Waals surface area contributed by atoms with Gasteiger partial charge >= 0.3 is 194 Å². The molecule has 0 aliphatic rings. The van der Waals surface area contributed by atoms with Crippen molar-refractivity contribution in [2.24, 2.45) is 0 Å². The zero-order valence-electron chi connectivity index (χ0n) is 21.7. The minimum atomic E-state index is -0.0313. The number of anilines is 3. The monoisotopic (exact) mass is 626 g/mol. The molecule has 1 unspecified atom stereocenters. The SMILES string of the molecule is COc1cc(Nc2c(C#N)cnc3cc(OCCC[AsH]CCNc4ccccc4)c(OC)cc23)c(Cl)cc1Cl. The molecule has 10 heteroatoms. The van der Waals surface area contributed by atoms with Gasteiger partial charge in [-0.25, -0.2) is 0 Å². The van der Waals surface area contributed by atoms with Crippen LogP contribution in [0.2, 0.25) is 20.5 Å². The molecule has 4 rings (SSSR count). The van der Waals surface area contributed by atoms with Crippen molar-refractivity contribution in [1.29, 1.82) is 5.26 Å². The molecule has 0 saturated heterocycles. The normalized spacial score (nSPS) is 10.9. The van der Waals surface area contributed by atoms with Crippen molar-refractivity contribution in [2.75, 3.05) is 38.0 Å². The summed E-state index contributed by atoms with van der Waals surface area (Å²) in [7, 11) is 3.12. The van der Waals surface area contributed by atoms with E-state index in [1.807, 2.05) is 30.3 Å². The summed E-state index contributed by atoms with van der Waals surface area (Å²) in [4.78, 5) is 4.49. The van der Waals surface area contributed by atoms with E-state index in [0.29, 0.717) is 61.7 Å². The van der Waals surface area contributed by atoms with Crippen LogP contribution in [0.3, 0.4) is 0 Å². The molecule has 0 spiro atoms. The topological polar surface area (TPSA) is 88.4 Å². The molecule has 0 amide bonds. The third-order valence-electron chi connectivity index (χ3n) is 5.94.